The molecule has 1 heterocycles. The number of nitrogens with zero attached hydrogens (tertiary/aromatic N) is 1. The molecule has 2 N–H and O–H groups in total. The third-order valence-corrected chi connectivity index (χ3v) is 3.80. The van der Waals surface area contributed by atoms with Crippen LogP contribution in [0, 0.1) is 0 Å². The summed E-state index contributed by atoms with van der Waals surface area (Å²) in [7, 11) is -4.12. The van der Waals surface area contributed by atoms with Crippen molar-refractivity contribution in [1.82, 2.24) is 9.97 Å². The molecule has 0 fully saturated rings. The molecule has 0 saturated carbocycles. The van der Waals surface area contributed by atoms with Gasteiger partial charge in [0.05, 0.1) is 11.0 Å². The number of imidazole rings is 1. The molecule has 0 aliphatic rings. The van der Waals surface area contributed by atoms with Gasteiger partial charge in [0.1, 0.15) is 11.1 Å². The molecule has 6 heteroatoms. The Morgan fingerprint density at radius 3 is 2.71 bits per heavy atom. The summed E-state index contributed by atoms with van der Waals surface area (Å²) >= 11 is 0. The molecule has 0 spiro atoms. The first kappa shape index (κ1) is 12.1. The molecule has 0 radical (unpaired) electrons. The summed E-state index contributed by atoms with van der Waals surface area (Å²) in [4.78, 5) is 7.14. The van der Waals surface area contributed by atoms with Crippen LogP contribution >= 0.6 is 0 Å². The van der Waals surface area contributed by atoms with E-state index in [0.717, 1.165) is 5.52 Å². The van der Waals surface area contributed by atoms with E-state index < -0.39 is 15.4 Å². The summed E-state index contributed by atoms with van der Waals surface area (Å²) < 4.78 is 31.8. The zero-order valence-corrected chi connectivity index (χ0v) is 10.2. The van der Waals surface area contributed by atoms with E-state index >= 15 is 0 Å². The van der Waals surface area contributed by atoms with Crippen LogP contribution in [0.2, 0.25) is 0 Å². The molecular weight excluding hydrogens is 240 g/mol. The molecule has 2 aromatic rings. The standard InChI is InChI=1S/C11H14N2O3S/c1-2-5-10(17(14,15)16)11-12-8-6-3-4-7-9(8)13-11/h3-4,6-7,10H,2,5H2,1H3,(H,12,13)(H,14,15,16)/t10-/m0/s1. The first-order chi connectivity index (χ1) is 8.02. The summed E-state index contributed by atoms with van der Waals surface area (Å²) in [6.45, 7) is 1.86. The zero-order chi connectivity index (χ0) is 12.5. The topological polar surface area (TPSA) is 83.0 Å². The van der Waals surface area contributed by atoms with E-state index in [0.29, 0.717) is 24.2 Å². The minimum absolute atomic E-state index is 0.301. The first-order valence-electron chi connectivity index (χ1n) is 5.43. The third kappa shape index (κ3) is 2.48. The second-order valence-electron chi connectivity index (χ2n) is 3.93. The molecule has 1 aromatic carbocycles. The molecule has 0 unspecified atom stereocenters. The highest BCUT2D eigenvalue weighted by molar-refractivity contribution is 7.86. The van der Waals surface area contributed by atoms with Gasteiger partial charge in [0.25, 0.3) is 10.1 Å². The highest BCUT2D eigenvalue weighted by Crippen LogP contribution is 2.26. The third-order valence-electron chi connectivity index (χ3n) is 2.62. The van der Waals surface area contributed by atoms with Crippen molar-refractivity contribution in [2.45, 2.75) is 25.0 Å². The van der Waals surface area contributed by atoms with E-state index in [4.69, 9.17) is 0 Å². The largest absolute Gasteiger partial charge is 0.341 e. The predicted octanol–water partition coefficient (Wildman–Crippen LogP) is 2.29. The lowest BCUT2D eigenvalue weighted by atomic mass is 10.2. The van der Waals surface area contributed by atoms with Crippen molar-refractivity contribution in [2.24, 2.45) is 0 Å². The molecular formula is C11H14N2O3S. The number of rotatable bonds is 4. The molecule has 0 aliphatic carbocycles. The van der Waals surface area contributed by atoms with E-state index in [1.807, 2.05) is 25.1 Å². The van der Waals surface area contributed by atoms with Crippen LogP contribution in [0.5, 0.6) is 0 Å². The Morgan fingerprint density at radius 2 is 2.12 bits per heavy atom. The Bertz CT molecular complexity index is 585. The number of benzene rings is 1. The number of hydrogen-bond acceptors (Lipinski definition) is 3. The van der Waals surface area contributed by atoms with E-state index in [9.17, 15) is 13.0 Å². The molecule has 0 amide bonds. The summed E-state index contributed by atoms with van der Waals surface area (Å²) in [6.07, 6.45) is 1.00. The summed E-state index contributed by atoms with van der Waals surface area (Å²) in [5, 5.41) is -0.972. The fourth-order valence-electron chi connectivity index (χ4n) is 1.81. The van der Waals surface area contributed by atoms with Gasteiger partial charge in [-0.05, 0) is 18.6 Å². The van der Waals surface area contributed by atoms with Crippen molar-refractivity contribution in [3.05, 3.63) is 30.1 Å². The predicted molar refractivity (Wildman–Crippen MR) is 65.3 cm³/mol. The van der Waals surface area contributed by atoms with Crippen molar-refractivity contribution >= 4 is 21.2 Å². The van der Waals surface area contributed by atoms with Crippen LogP contribution in [0.1, 0.15) is 30.8 Å². The second kappa shape index (κ2) is 4.46. The lowest BCUT2D eigenvalue weighted by Gasteiger charge is -2.09. The zero-order valence-electron chi connectivity index (χ0n) is 9.42. The fourth-order valence-corrected chi connectivity index (χ4v) is 2.74. The van der Waals surface area contributed by atoms with Crippen LogP contribution in [0.25, 0.3) is 11.0 Å². The second-order valence-corrected chi connectivity index (χ2v) is 5.53. The van der Waals surface area contributed by atoms with Crippen LogP contribution < -0.4 is 0 Å². The molecule has 0 bridgehead atoms. The molecule has 1 atom stereocenters. The molecule has 1 aromatic heterocycles. The number of hydrogen-bond donors (Lipinski definition) is 2. The average molecular weight is 254 g/mol. The average Bonchev–Trinajstić information content (AvgIpc) is 2.67. The quantitative estimate of drug-likeness (QED) is 0.820. The number of aromatic amines is 1. The monoisotopic (exact) mass is 254 g/mol. The van der Waals surface area contributed by atoms with Gasteiger partial charge in [0.2, 0.25) is 0 Å². The summed E-state index contributed by atoms with van der Waals surface area (Å²) in [5.74, 6) is 0.301. The Morgan fingerprint density at radius 1 is 1.41 bits per heavy atom. The molecule has 5 nitrogen and oxygen atoms in total. The van der Waals surface area contributed by atoms with Gasteiger partial charge in [0.15, 0.2) is 0 Å². The maximum atomic E-state index is 11.3. The smallest absolute Gasteiger partial charge is 0.275 e. The Balaban J connectivity index is 2.49. The fraction of sp³-hybridized carbons (Fsp3) is 0.364. The molecule has 17 heavy (non-hydrogen) atoms. The van der Waals surface area contributed by atoms with Crippen LogP contribution in [-0.4, -0.2) is 22.9 Å². The number of nitrogens with one attached hydrogen (secondary N) is 1. The number of para-hydroxylation sites is 2. The van der Waals surface area contributed by atoms with Crippen molar-refractivity contribution < 1.29 is 13.0 Å². The number of fused-ring (bicyclic) bond motifs is 1. The van der Waals surface area contributed by atoms with E-state index in [2.05, 4.69) is 9.97 Å². The number of aromatic nitrogens is 2. The van der Waals surface area contributed by atoms with E-state index in [1.54, 1.807) is 6.07 Å². The lowest BCUT2D eigenvalue weighted by molar-refractivity contribution is 0.460. The molecule has 2 rings (SSSR count). The maximum absolute atomic E-state index is 11.3. The first-order valence-corrected chi connectivity index (χ1v) is 6.93. The Hall–Kier alpha value is -1.40. The highest BCUT2D eigenvalue weighted by Gasteiger charge is 2.27. The van der Waals surface area contributed by atoms with E-state index in [-0.39, 0.29) is 0 Å². The van der Waals surface area contributed by atoms with Gasteiger partial charge in [-0.2, -0.15) is 8.42 Å². The van der Waals surface area contributed by atoms with Gasteiger partial charge in [-0.25, -0.2) is 4.98 Å². The van der Waals surface area contributed by atoms with Gasteiger partial charge in [-0.3, -0.25) is 4.55 Å². The number of H-pyrrole nitrogens is 1. The summed E-state index contributed by atoms with van der Waals surface area (Å²) in [6, 6.07) is 7.28. The normalized spacial score (nSPS) is 14.0. The van der Waals surface area contributed by atoms with Crippen LogP contribution in [0.4, 0.5) is 0 Å². The van der Waals surface area contributed by atoms with Gasteiger partial charge in [-0.1, -0.05) is 25.5 Å². The van der Waals surface area contributed by atoms with Crippen molar-refractivity contribution in [3.63, 3.8) is 0 Å². The van der Waals surface area contributed by atoms with E-state index in [1.165, 1.54) is 0 Å². The highest BCUT2D eigenvalue weighted by atomic mass is 32.2. The SMILES string of the molecule is CCC[C@@H](c1nc2ccccc2[nH]1)S(=O)(=O)O. The molecule has 0 aliphatic heterocycles. The van der Waals surface area contributed by atoms with Crippen LogP contribution in [0.15, 0.2) is 24.3 Å². The van der Waals surface area contributed by atoms with Gasteiger partial charge < -0.3 is 4.98 Å². The van der Waals surface area contributed by atoms with Crippen LogP contribution in [-0.2, 0) is 10.1 Å². The Labute approximate surface area is 99.6 Å². The van der Waals surface area contributed by atoms with Crippen molar-refractivity contribution in [1.29, 1.82) is 0 Å². The maximum Gasteiger partial charge on any atom is 0.275 e. The lowest BCUT2D eigenvalue weighted by Crippen LogP contribution is -2.13. The van der Waals surface area contributed by atoms with Crippen molar-refractivity contribution in [3.8, 4) is 0 Å². The minimum atomic E-state index is -4.12. The minimum Gasteiger partial charge on any atom is -0.341 e. The summed E-state index contributed by atoms with van der Waals surface area (Å²) in [5.41, 5.74) is 1.47. The van der Waals surface area contributed by atoms with Gasteiger partial charge >= 0.3 is 0 Å². The Kier molecular flexibility index (Phi) is 3.17. The van der Waals surface area contributed by atoms with Crippen LogP contribution in [0.3, 0.4) is 0 Å². The van der Waals surface area contributed by atoms with Gasteiger partial charge in [0, 0.05) is 0 Å². The van der Waals surface area contributed by atoms with Gasteiger partial charge in [-0.15, -0.1) is 0 Å². The molecule has 0 saturated heterocycles. The van der Waals surface area contributed by atoms with Crippen molar-refractivity contribution in [2.75, 3.05) is 0 Å². The molecule has 92 valence electrons.